The summed E-state index contributed by atoms with van der Waals surface area (Å²) in [6.07, 6.45) is 0.403. The van der Waals surface area contributed by atoms with Gasteiger partial charge in [0.1, 0.15) is 11.3 Å². The minimum atomic E-state index is -1.10. The van der Waals surface area contributed by atoms with Crippen LogP contribution in [0.4, 0.5) is 5.69 Å². The molecule has 1 unspecified atom stereocenters. The zero-order chi connectivity index (χ0) is 14.0. The summed E-state index contributed by atoms with van der Waals surface area (Å²) in [4.78, 5) is 24.9. The lowest BCUT2D eigenvalue weighted by Crippen LogP contribution is -2.27. The van der Waals surface area contributed by atoms with Crippen molar-refractivity contribution in [1.82, 2.24) is 0 Å². The van der Waals surface area contributed by atoms with Crippen LogP contribution in [0.25, 0.3) is 0 Å². The molecule has 2 rings (SSSR count). The molecular formula is C13H15NO4S. The van der Waals surface area contributed by atoms with Gasteiger partial charge in [0.15, 0.2) is 0 Å². The van der Waals surface area contributed by atoms with Gasteiger partial charge < -0.3 is 14.7 Å². The number of benzene rings is 1. The van der Waals surface area contributed by atoms with Crippen molar-refractivity contribution in [3.8, 4) is 5.75 Å². The van der Waals surface area contributed by atoms with Gasteiger partial charge in [-0.15, -0.1) is 0 Å². The van der Waals surface area contributed by atoms with Crippen LogP contribution in [-0.2, 0) is 4.79 Å². The number of methoxy groups -OCH3 is 1. The van der Waals surface area contributed by atoms with Crippen molar-refractivity contribution in [3.05, 3.63) is 23.8 Å². The molecule has 0 bridgehead atoms. The molecule has 102 valence electrons. The highest BCUT2D eigenvalue weighted by atomic mass is 32.1. The smallest absolute Gasteiger partial charge is 0.341 e. The molecule has 1 aromatic carbocycles. The summed E-state index contributed by atoms with van der Waals surface area (Å²) in [5.74, 6) is -0.158. The summed E-state index contributed by atoms with van der Waals surface area (Å²) in [7, 11) is 1.41. The molecule has 0 aliphatic carbocycles. The van der Waals surface area contributed by atoms with E-state index >= 15 is 0 Å². The van der Waals surface area contributed by atoms with Crippen LogP contribution in [0.1, 0.15) is 16.8 Å². The minimum absolute atomic E-state index is 0.0261. The highest BCUT2D eigenvalue weighted by Gasteiger charge is 2.33. The molecule has 1 saturated heterocycles. The second kappa shape index (κ2) is 5.52. The normalized spacial score (nSPS) is 18.7. The third-order valence-corrected chi connectivity index (χ3v) is 3.71. The average Bonchev–Trinajstić information content (AvgIpc) is 2.78. The molecular weight excluding hydrogens is 266 g/mol. The first-order chi connectivity index (χ1) is 9.08. The molecule has 1 aliphatic heterocycles. The van der Waals surface area contributed by atoms with Gasteiger partial charge in [-0.3, -0.25) is 4.79 Å². The topological polar surface area (TPSA) is 66.8 Å². The Morgan fingerprint density at radius 1 is 1.58 bits per heavy atom. The highest BCUT2D eigenvalue weighted by molar-refractivity contribution is 7.80. The molecule has 0 radical (unpaired) electrons. The molecule has 1 fully saturated rings. The van der Waals surface area contributed by atoms with Crippen LogP contribution in [0.2, 0.25) is 0 Å². The van der Waals surface area contributed by atoms with Crippen LogP contribution in [0.5, 0.6) is 5.75 Å². The number of nitrogens with zero attached hydrogens (tertiary/aromatic N) is 1. The van der Waals surface area contributed by atoms with Gasteiger partial charge in [0.25, 0.3) is 0 Å². The first-order valence-electron chi connectivity index (χ1n) is 5.90. The number of thiol groups is 1. The SMILES string of the molecule is COc1cccc(N2CC(CS)CC2=O)c1C(=O)O. The maximum Gasteiger partial charge on any atom is 0.341 e. The molecule has 1 aromatic rings. The molecule has 1 atom stereocenters. The van der Waals surface area contributed by atoms with Gasteiger partial charge in [-0.2, -0.15) is 12.6 Å². The van der Waals surface area contributed by atoms with E-state index in [9.17, 15) is 14.7 Å². The van der Waals surface area contributed by atoms with Crippen LogP contribution in [0.3, 0.4) is 0 Å². The second-order valence-electron chi connectivity index (χ2n) is 4.42. The Morgan fingerprint density at radius 3 is 2.84 bits per heavy atom. The van der Waals surface area contributed by atoms with Crippen LogP contribution >= 0.6 is 12.6 Å². The van der Waals surface area contributed by atoms with E-state index in [2.05, 4.69) is 12.6 Å². The molecule has 1 aliphatic rings. The van der Waals surface area contributed by atoms with E-state index in [-0.39, 0.29) is 23.1 Å². The van der Waals surface area contributed by atoms with Crippen LogP contribution in [-0.4, -0.2) is 36.4 Å². The van der Waals surface area contributed by atoms with Crippen LogP contribution in [0, 0.1) is 5.92 Å². The summed E-state index contributed by atoms with van der Waals surface area (Å²) < 4.78 is 5.06. The fourth-order valence-corrected chi connectivity index (χ4v) is 2.51. The van der Waals surface area contributed by atoms with Crippen LogP contribution < -0.4 is 9.64 Å². The lowest BCUT2D eigenvalue weighted by Gasteiger charge is -2.20. The highest BCUT2D eigenvalue weighted by Crippen LogP contribution is 2.33. The molecule has 0 aromatic heterocycles. The van der Waals surface area contributed by atoms with Crippen molar-refractivity contribution >= 4 is 30.2 Å². The summed E-state index contributed by atoms with van der Waals surface area (Å²) in [5.41, 5.74) is 0.416. The molecule has 0 spiro atoms. The number of hydrogen-bond donors (Lipinski definition) is 2. The fraction of sp³-hybridized carbons (Fsp3) is 0.385. The number of carbonyl (C=O) groups is 2. The number of carbonyl (C=O) groups excluding carboxylic acids is 1. The number of anilines is 1. The summed E-state index contributed by atoms with van der Waals surface area (Å²) in [6.45, 7) is 0.496. The van der Waals surface area contributed by atoms with E-state index in [1.807, 2.05) is 0 Å². The van der Waals surface area contributed by atoms with Gasteiger partial charge in [-0.05, 0) is 23.8 Å². The largest absolute Gasteiger partial charge is 0.496 e. The minimum Gasteiger partial charge on any atom is -0.496 e. The number of carboxylic acids is 1. The van der Waals surface area contributed by atoms with E-state index < -0.39 is 5.97 Å². The summed E-state index contributed by atoms with van der Waals surface area (Å²) >= 11 is 4.19. The fourth-order valence-electron chi connectivity index (χ4n) is 2.27. The number of carboxylic acid groups (broad SMARTS) is 1. The van der Waals surface area contributed by atoms with Gasteiger partial charge in [-0.25, -0.2) is 4.79 Å². The standard InChI is InChI=1S/C13H15NO4S/c1-18-10-4-2-3-9(12(10)13(16)17)14-6-8(7-19)5-11(14)15/h2-4,8,19H,5-7H2,1H3,(H,16,17). The lowest BCUT2D eigenvalue weighted by molar-refractivity contribution is -0.117. The number of amides is 1. The maximum atomic E-state index is 12.0. The first-order valence-corrected chi connectivity index (χ1v) is 6.53. The van der Waals surface area contributed by atoms with Crippen molar-refractivity contribution < 1.29 is 19.4 Å². The zero-order valence-electron chi connectivity index (χ0n) is 10.5. The first kappa shape index (κ1) is 13.7. The Hall–Kier alpha value is -1.69. The van der Waals surface area contributed by atoms with E-state index in [1.54, 1.807) is 18.2 Å². The molecule has 5 nitrogen and oxygen atoms in total. The quantitative estimate of drug-likeness (QED) is 0.824. The molecule has 1 N–H and O–H groups in total. The van der Waals surface area contributed by atoms with Gasteiger partial charge in [0, 0.05) is 13.0 Å². The maximum absolute atomic E-state index is 12.0. The molecule has 1 amide bonds. The number of ether oxygens (including phenoxy) is 1. The Labute approximate surface area is 116 Å². The molecule has 0 saturated carbocycles. The van der Waals surface area contributed by atoms with E-state index in [0.29, 0.717) is 24.4 Å². The summed E-state index contributed by atoms with van der Waals surface area (Å²) in [6, 6.07) is 4.89. The predicted molar refractivity (Wildman–Crippen MR) is 74.3 cm³/mol. The van der Waals surface area contributed by atoms with Crippen molar-refractivity contribution in [2.24, 2.45) is 5.92 Å². The number of hydrogen-bond acceptors (Lipinski definition) is 4. The Kier molecular flexibility index (Phi) is 3.99. The van der Waals surface area contributed by atoms with E-state index in [0.717, 1.165) is 0 Å². The van der Waals surface area contributed by atoms with E-state index in [1.165, 1.54) is 12.0 Å². The van der Waals surface area contributed by atoms with Crippen molar-refractivity contribution in [1.29, 1.82) is 0 Å². The molecule has 19 heavy (non-hydrogen) atoms. The third-order valence-electron chi connectivity index (χ3n) is 3.19. The van der Waals surface area contributed by atoms with Crippen molar-refractivity contribution in [3.63, 3.8) is 0 Å². The van der Waals surface area contributed by atoms with E-state index in [4.69, 9.17) is 4.74 Å². The zero-order valence-corrected chi connectivity index (χ0v) is 11.4. The van der Waals surface area contributed by atoms with Gasteiger partial charge in [-0.1, -0.05) is 6.07 Å². The number of rotatable bonds is 4. The lowest BCUT2D eigenvalue weighted by atomic mass is 10.1. The molecule has 6 heteroatoms. The number of aromatic carboxylic acids is 1. The van der Waals surface area contributed by atoms with Gasteiger partial charge >= 0.3 is 5.97 Å². The Bertz CT molecular complexity index is 517. The Balaban J connectivity index is 2.45. The van der Waals surface area contributed by atoms with Crippen LogP contribution in [0.15, 0.2) is 18.2 Å². The van der Waals surface area contributed by atoms with Gasteiger partial charge in [0.05, 0.1) is 12.8 Å². The second-order valence-corrected chi connectivity index (χ2v) is 4.78. The van der Waals surface area contributed by atoms with Crippen molar-refractivity contribution in [2.45, 2.75) is 6.42 Å². The monoisotopic (exact) mass is 281 g/mol. The third kappa shape index (κ3) is 2.53. The predicted octanol–water partition coefficient (Wildman–Crippen LogP) is 1.68. The average molecular weight is 281 g/mol. The van der Waals surface area contributed by atoms with Crippen molar-refractivity contribution in [2.75, 3.05) is 24.3 Å². The Morgan fingerprint density at radius 2 is 2.32 bits per heavy atom. The summed E-state index contributed by atoms with van der Waals surface area (Å²) in [5, 5.41) is 9.31. The molecule has 1 heterocycles. The van der Waals surface area contributed by atoms with Gasteiger partial charge in [0.2, 0.25) is 5.91 Å².